The van der Waals surface area contributed by atoms with E-state index in [1.807, 2.05) is 69.9 Å². The molecule has 0 radical (unpaired) electrons. The lowest BCUT2D eigenvalue weighted by molar-refractivity contribution is 0.101. The van der Waals surface area contributed by atoms with Gasteiger partial charge in [0, 0.05) is 22.2 Å². The number of nitrogens with zero attached hydrogens (tertiary/aromatic N) is 4. The lowest BCUT2D eigenvalue weighted by atomic mass is 10.1. The van der Waals surface area contributed by atoms with Gasteiger partial charge in [-0.3, -0.25) is 9.36 Å². The number of Topliss-reactive ketones (excluding diaryl/α,β-unsaturated/α-hetero) is 1. The fraction of sp³-hybridized carbons (Fsp3) is 0.0435. The highest BCUT2D eigenvalue weighted by Crippen LogP contribution is 2.29. The number of nitrogens with one attached hydrogen (secondary N) is 1. The lowest BCUT2D eigenvalue weighted by Gasteiger charge is -2.10. The van der Waals surface area contributed by atoms with E-state index in [1.165, 1.54) is 0 Å². The molecule has 3 aromatic heterocycles. The Morgan fingerprint density at radius 2 is 1.90 bits per heavy atom. The number of carbonyl (C=O) groups is 1. The summed E-state index contributed by atoms with van der Waals surface area (Å²) >= 11 is 1.61. The number of rotatable bonds is 5. The molecular weight excluding hydrogens is 394 g/mol. The molecule has 0 aliphatic rings. The second kappa shape index (κ2) is 7.53. The number of hydrogen-bond acceptors (Lipinski definition) is 6. The summed E-state index contributed by atoms with van der Waals surface area (Å²) in [5.41, 5.74) is 4.68. The van der Waals surface area contributed by atoms with E-state index in [1.54, 1.807) is 30.7 Å². The van der Waals surface area contributed by atoms with E-state index < -0.39 is 0 Å². The minimum absolute atomic E-state index is 0.00359. The first kappa shape index (κ1) is 18.2. The van der Waals surface area contributed by atoms with Crippen LogP contribution in [0.15, 0.2) is 77.8 Å². The van der Waals surface area contributed by atoms with Gasteiger partial charge in [0.05, 0.1) is 5.69 Å². The van der Waals surface area contributed by atoms with E-state index in [2.05, 4.69) is 10.3 Å². The molecule has 146 valence electrons. The van der Waals surface area contributed by atoms with Gasteiger partial charge >= 0.3 is 0 Å². The molecule has 5 rings (SSSR count). The Morgan fingerprint density at radius 1 is 1.03 bits per heavy atom. The van der Waals surface area contributed by atoms with Crippen molar-refractivity contribution in [2.45, 2.75) is 6.92 Å². The average molecular weight is 411 g/mol. The topological polar surface area (TPSA) is 72.7 Å². The zero-order chi connectivity index (χ0) is 20.5. The van der Waals surface area contributed by atoms with Crippen molar-refractivity contribution >= 4 is 39.8 Å². The fourth-order valence-corrected chi connectivity index (χ4v) is 3.86. The highest BCUT2D eigenvalue weighted by Gasteiger charge is 2.16. The molecule has 0 bridgehead atoms. The van der Waals surface area contributed by atoms with Gasteiger partial charge in [0.1, 0.15) is 6.33 Å². The van der Waals surface area contributed by atoms with Gasteiger partial charge in [0.2, 0.25) is 0 Å². The second-order valence-electron chi connectivity index (χ2n) is 6.79. The molecule has 0 atom stereocenters. The summed E-state index contributed by atoms with van der Waals surface area (Å²) in [5.74, 6) is 1.15. The van der Waals surface area contributed by atoms with Crippen molar-refractivity contribution in [3.63, 3.8) is 0 Å². The molecule has 0 amide bonds. The maximum Gasteiger partial charge on any atom is 0.170 e. The predicted molar refractivity (Wildman–Crippen MR) is 120 cm³/mol. The lowest BCUT2D eigenvalue weighted by Crippen LogP contribution is -2.02. The third-order valence-corrected chi connectivity index (χ3v) is 5.42. The van der Waals surface area contributed by atoms with E-state index in [9.17, 15) is 4.79 Å². The first-order valence-electron chi connectivity index (χ1n) is 9.40. The predicted octanol–water partition coefficient (Wildman–Crippen LogP) is 5.49. The van der Waals surface area contributed by atoms with Gasteiger partial charge in [-0.1, -0.05) is 36.4 Å². The van der Waals surface area contributed by atoms with Crippen molar-refractivity contribution in [1.29, 1.82) is 0 Å². The molecule has 0 saturated carbocycles. The zero-order valence-electron chi connectivity index (χ0n) is 16.1. The Balaban J connectivity index is 1.72. The number of benzene rings is 2. The van der Waals surface area contributed by atoms with Crippen molar-refractivity contribution in [2.75, 3.05) is 5.32 Å². The quantitative estimate of drug-likeness (QED) is 0.387. The van der Waals surface area contributed by atoms with Gasteiger partial charge in [-0.05, 0) is 36.6 Å². The normalized spacial score (nSPS) is 11.0. The van der Waals surface area contributed by atoms with Crippen molar-refractivity contribution < 1.29 is 4.79 Å². The molecule has 0 unspecified atom stereocenters. The first-order valence-corrected chi connectivity index (χ1v) is 10.3. The number of para-hydroxylation sites is 1. The Morgan fingerprint density at radius 3 is 2.67 bits per heavy atom. The summed E-state index contributed by atoms with van der Waals surface area (Å²) in [5, 5.41) is 7.42. The first-order chi connectivity index (χ1) is 14.7. The highest BCUT2D eigenvalue weighted by atomic mass is 32.1. The molecule has 0 spiro atoms. The van der Waals surface area contributed by atoms with Gasteiger partial charge in [-0.2, -0.15) is 11.3 Å². The average Bonchev–Trinajstić information content (AvgIpc) is 3.44. The number of aromatic nitrogens is 4. The molecule has 2 aromatic carbocycles. The van der Waals surface area contributed by atoms with Crippen LogP contribution in [0.5, 0.6) is 0 Å². The summed E-state index contributed by atoms with van der Waals surface area (Å²) < 4.78 is 1.95. The molecule has 0 fully saturated rings. The van der Waals surface area contributed by atoms with Crippen LogP contribution >= 0.6 is 11.3 Å². The number of fused-ring (bicyclic) bond motifs is 1. The van der Waals surface area contributed by atoms with Crippen LogP contribution in [0, 0.1) is 0 Å². The monoisotopic (exact) mass is 411 g/mol. The van der Waals surface area contributed by atoms with Crippen LogP contribution in [0.1, 0.15) is 17.3 Å². The Labute approximate surface area is 176 Å². The fourth-order valence-electron chi connectivity index (χ4n) is 3.24. The molecule has 7 heteroatoms. The van der Waals surface area contributed by atoms with Gasteiger partial charge in [0.15, 0.2) is 28.6 Å². The third kappa shape index (κ3) is 3.35. The summed E-state index contributed by atoms with van der Waals surface area (Å²) in [7, 11) is 0. The molecule has 6 nitrogen and oxygen atoms in total. The maximum atomic E-state index is 11.9. The van der Waals surface area contributed by atoms with Crippen molar-refractivity contribution in [3.8, 4) is 17.1 Å². The summed E-state index contributed by atoms with van der Waals surface area (Å²) in [6.45, 7) is 1.55. The summed E-state index contributed by atoms with van der Waals surface area (Å²) in [4.78, 5) is 26.0. The van der Waals surface area contributed by atoms with Crippen LogP contribution < -0.4 is 5.32 Å². The van der Waals surface area contributed by atoms with Crippen LogP contribution in [0.25, 0.3) is 28.2 Å². The second-order valence-corrected chi connectivity index (χ2v) is 7.57. The zero-order valence-corrected chi connectivity index (χ0v) is 16.9. The smallest absolute Gasteiger partial charge is 0.170 e. The molecule has 3 heterocycles. The largest absolute Gasteiger partial charge is 0.338 e. The van der Waals surface area contributed by atoms with E-state index in [-0.39, 0.29) is 5.78 Å². The number of carbonyl (C=O) groups excluding carboxylic acids is 1. The number of anilines is 2. The van der Waals surface area contributed by atoms with Gasteiger partial charge in [-0.25, -0.2) is 15.0 Å². The number of thiophene rings is 1. The van der Waals surface area contributed by atoms with E-state index in [0.29, 0.717) is 28.4 Å². The van der Waals surface area contributed by atoms with E-state index in [4.69, 9.17) is 9.97 Å². The van der Waals surface area contributed by atoms with Crippen molar-refractivity contribution in [1.82, 2.24) is 19.5 Å². The number of ketones is 1. The van der Waals surface area contributed by atoms with Crippen LogP contribution in [0.4, 0.5) is 11.5 Å². The Kier molecular flexibility index (Phi) is 4.57. The summed E-state index contributed by atoms with van der Waals surface area (Å²) in [6.07, 6.45) is 1.76. The van der Waals surface area contributed by atoms with Crippen LogP contribution in [0.3, 0.4) is 0 Å². The number of hydrogen-bond donors (Lipinski definition) is 1. The number of imidazole rings is 1. The van der Waals surface area contributed by atoms with Gasteiger partial charge in [0.25, 0.3) is 0 Å². The molecule has 0 aliphatic carbocycles. The minimum atomic E-state index is 0.00359. The van der Waals surface area contributed by atoms with E-state index >= 15 is 0 Å². The third-order valence-electron chi connectivity index (χ3n) is 4.74. The Hall–Kier alpha value is -3.84. The minimum Gasteiger partial charge on any atom is -0.338 e. The molecular formula is C23H17N5OS. The van der Waals surface area contributed by atoms with Crippen LogP contribution in [-0.4, -0.2) is 25.3 Å². The SMILES string of the molecule is CC(=O)c1cccc(-c2nc(Nc3ccccc3)c3ncn(-c4ccsc4)c3n2)c1. The standard InChI is InChI=1S/C23H17N5OS/c1-15(29)16-6-5-7-17(12-16)21-26-22(25-18-8-3-2-4-9-18)20-23(27-21)28(14-24-20)19-10-11-30-13-19/h2-14H,1H3,(H,25,26,27). The summed E-state index contributed by atoms with van der Waals surface area (Å²) in [6, 6.07) is 19.2. The van der Waals surface area contributed by atoms with Gasteiger partial charge < -0.3 is 5.32 Å². The van der Waals surface area contributed by atoms with Crippen LogP contribution in [-0.2, 0) is 0 Å². The maximum absolute atomic E-state index is 11.9. The molecule has 1 N–H and O–H groups in total. The van der Waals surface area contributed by atoms with Crippen molar-refractivity contribution in [2.24, 2.45) is 0 Å². The Bertz CT molecular complexity index is 1340. The van der Waals surface area contributed by atoms with Gasteiger partial charge in [-0.15, -0.1) is 0 Å². The molecule has 5 aromatic rings. The van der Waals surface area contributed by atoms with Crippen molar-refractivity contribution in [3.05, 3.63) is 83.3 Å². The molecule has 0 saturated heterocycles. The molecule has 0 aliphatic heterocycles. The highest BCUT2D eigenvalue weighted by molar-refractivity contribution is 7.08. The molecule has 30 heavy (non-hydrogen) atoms. The van der Waals surface area contributed by atoms with E-state index in [0.717, 1.165) is 16.9 Å². The van der Waals surface area contributed by atoms with Crippen LogP contribution in [0.2, 0.25) is 0 Å².